The van der Waals surface area contributed by atoms with Crippen molar-refractivity contribution in [2.75, 3.05) is 31.2 Å². The van der Waals surface area contributed by atoms with Gasteiger partial charge in [0.1, 0.15) is 5.75 Å². The largest absolute Gasteiger partial charge is 0.494 e. The van der Waals surface area contributed by atoms with Crippen molar-refractivity contribution in [3.8, 4) is 5.75 Å². The molecule has 0 amide bonds. The molecule has 1 atom stereocenters. The molecule has 2 aliphatic heterocycles. The Morgan fingerprint density at radius 1 is 1.00 bits per heavy atom. The van der Waals surface area contributed by atoms with Crippen molar-refractivity contribution in [3.05, 3.63) is 120 Å². The van der Waals surface area contributed by atoms with Crippen LogP contribution in [0, 0.1) is 6.92 Å². The SMILES string of the molecule is CCOC(=O)C1=C(c2ccccc2)N=c2s/c(=C\c3ccc(N4CCCC4)c(C)c3)c(=O)n2[C@H]1c1ccc(OCC)cc1. The summed E-state index contributed by atoms with van der Waals surface area (Å²) in [7, 11) is 0. The predicted molar refractivity (Wildman–Crippen MR) is 171 cm³/mol. The highest BCUT2D eigenvalue weighted by atomic mass is 32.1. The van der Waals surface area contributed by atoms with Gasteiger partial charge >= 0.3 is 5.97 Å². The van der Waals surface area contributed by atoms with Crippen LogP contribution in [-0.2, 0) is 9.53 Å². The highest BCUT2D eigenvalue weighted by molar-refractivity contribution is 7.07. The van der Waals surface area contributed by atoms with Gasteiger partial charge in [-0.2, -0.15) is 0 Å². The van der Waals surface area contributed by atoms with E-state index in [2.05, 4.69) is 30.0 Å². The van der Waals surface area contributed by atoms with E-state index in [1.165, 1.54) is 35.4 Å². The summed E-state index contributed by atoms with van der Waals surface area (Å²) in [5.41, 5.74) is 5.60. The lowest BCUT2D eigenvalue weighted by Gasteiger charge is -2.26. The number of esters is 1. The molecule has 1 saturated heterocycles. The summed E-state index contributed by atoms with van der Waals surface area (Å²) in [5, 5.41) is 0. The van der Waals surface area contributed by atoms with Crippen LogP contribution in [0.25, 0.3) is 11.8 Å². The van der Waals surface area contributed by atoms with E-state index in [0.717, 1.165) is 35.5 Å². The molecule has 1 fully saturated rings. The number of ether oxygens (including phenoxy) is 2. The predicted octanol–water partition coefficient (Wildman–Crippen LogP) is 5.24. The number of carbonyl (C=O) groups is 1. The Morgan fingerprint density at radius 2 is 1.74 bits per heavy atom. The number of aryl methyl sites for hydroxylation is 1. The van der Waals surface area contributed by atoms with E-state index in [0.29, 0.717) is 27.2 Å². The topological polar surface area (TPSA) is 73.1 Å². The highest BCUT2D eigenvalue weighted by Gasteiger charge is 2.35. The molecule has 0 bridgehead atoms. The zero-order valence-electron chi connectivity index (χ0n) is 24.7. The van der Waals surface area contributed by atoms with Crippen molar-refractivity contribution in [2.24, 2.45) is 4.99 Å². The molecule has 6 rings (SSSR count). The van der Waals surface area contributed by atoms with Crippen molar-refractivity contribution in [2.45, 2.75) is 39.7 Å². The van der Waals surface area contributed by atoms with Crippen LogP contribution in [0.1, 0.15) is 55.0 Å². The van der Waals surface area contributed by atoms with Gasteiger partial charge in [0.25, 0.3) is 5.56 Å². The zero-order chi connectivity index (χ0) is 29.9. The quantitative estimate of drug-likeness (QED) is 0.261. The molecule has 8 heteroatoms. The lowest BCUT2D eigenvalue weighted by molar-refractivity contribution is -0.138. The van der Waals surface area contributed by atoms with Crippen molar-refractivity contribution >= 4 is 34.8 Å². The minimum absolute atomic E-state index is 0.196. The van der Waals surface area contributed by atoms with Gasteiger partial charge in [-0.1, -0.05) is 59.9 Å². The van der Waals surface area contributed by atoms with Gasteiger partial charge in [-0.05, 0) is 80.6 Å². The zero-order valence-corrected chi connectivity index (χ0v) is 25.5. The molecule has 0 radical (unpaired) electrons. The number of anilines is 1. The first-order valence-electron chi connectivity index (χ1n) is 14.8. The van der Waals surface area contributed by atoms with Gasteiger partial charge in [0.05, 0.1) is 35.1 Å². The Balaban J connectivity index is 1.54. The van der Waals surface area contributed by atoms with E-state index in [-0.39, 0.29) is 12.2 Å². The summed E-state index contributed by atoms with van der Waals surface area (Å²) >= 11 is 1.33. The van der Waals surface area contributed by atoms with Crippen LogP contribution in [0.2, 0.25) is 0 Å². The second-order valence-electron chi connectivity index (χ2n) is 10.7. The van der Waals surface area contributed by atoms with Crippen molar-refractivity contribution < 1.29 is 14.3 Å². The second kappa shape index (κ2) is 12.4. The fourth-order valence-corrected chi connectivity index (χ4v) is 6.90. The number of thiazole rings is 1. The van der Waals surface area contributed by atoms with E-state index in [1.807, 2.05) is 67.6 Å². The minimum atomic E-state index is -0.720. The van der Waals surface area contributed by atoms with E-state index in [4.69, 9.17) is 14.5 Å². The van der Waals surface area contributed by atoms with Gasteiger partial charge in [0.2, 0.25) is 0 Å². The summed E-state index contributed by atoms with van der Waals surface area (Å²) in [4.78, 5) is 35.7. The molecule has 2 aliphatic rings. The third-order valence-electron chi connectivity index (χ3n) is 7.85. The van der Waals surface area contributed by atoms with Crippen LogP contribution in [0.3, 0.4) is 0 Å². The van der Waals surface area contributed by atoms with Gasteiger partial charge in [-0.15, -0.1) is 0 Å². The Morgan fingerprint density at radius 3 is 2.42 bits per heavy atom. The van der Waals surface area contributed by atoms with Gasteiger partial charge in [0, 0.05) is 24.3 Å². The second-order valence-corrected chi connectivity index (χ2v) is 11.7. The van der Waals surface area contributed by atoms with E-state index in [1.54, 1.807) is 11.5 Å². The van der Waals surface area contributed by atoms with Crippen LogP contribution in [-0.4, -0.2) is 36.8 Å². The summed E-state index contributed by atoms with van der Waals surface area (Å²) in [6, 6.07) is 22.8. The maximum absolute atomic E-state index is 14.2. The lowest BCUT2D eigenvalue weighted by Crippen LogP contribution is -2.40. The molecule has 4 aromatic rings. The third kappa shape index (κ3) is 5.67. The van der Waals surface area contributed by atoms with Crippen molar-refractivity contribution in [3.63, 3.8) is 0 Å². The summed E-state index contributed by atoms with van der Waals surface area (Å²) < 4.78 is 13.4. The smallest absolute Gasteiger partial charge is 0.338 e. The number of benzene rings is 3. The molecule has 0 N–H and O–H groups in total. The molecular formula is C35H35N3O4S. The van der Waals surface area contributed by atoms with Gasteiger partial charge in [-0.3, -0.25) is 9.36 Å². The summed E-state index contributed by atoms with van der Waals surface area (Å²) in [6.07, 6.45) is 4.36. The first kappa shape index (κ1) is 28.7. The summed E-state index contributed by atoms with van der Waals surface area (Å²) in [6.45, 7) is 8.74. The molecule has 0 unspecified atom stereocenters. The molecule has 7 nitrogen and oxygen atoms in total. The van der Waals surface area contributed by atoms with Gasteiger partial charge in [0.15, 0.2) is 4.80 Å². The maximum atomic E-state index is 14.2. The maximum Gasteiger partial charge on any atom is 0.338 e. The van der Waals surface area contributed by atoms with Gasteiger partial charge < -0.3 is 14.4 Å². The average molecular weight is 594 g/mol. The number of hydrogen-bond donors (Lipinski definition) is 0. The van der Waals surface area contributed by atoms with Gasteiger partial charge in [-0.25, -0.2) is 9.79 Å². The first-order chi connectivity index (χ1) is 21.0. The number of fused-ring (bicyclic) bond motifs is 1. The summed E-state index contributed by atoms with van der Waals surface area (Å²) in [5.74, 6) is 0.225. The molecule has 3 aromatic carbocycles. The van der Waals surface area contributed by atoms with Crippen LogP contribution in [0.5, 0.6) is 5.75 Å². The average Bonchev–Trinajstić information content (AvgIpc) is 3.66. The molecule has 43 heavy (non-hydrogen) atoms. The Bertz CT molecular complexity index is 1850. The number of aromatic nitrogens is 1. The molecule has 0 spiro atoms. The number of carbonyl (C=O) groups excluding carboxylic acids is 1. The molecule has 3 heterocycles. The monoisotopic (exact) mass is 593 g/mol. The third-order valence-corrected chi connectivity index (χ3v) is 8.83. The molecule has 1 aromatic heterocycles. The molecule has 220 valence electrons. The standard InChI is InChI=1S/C35H35N3O4S/c1-4-41-27-16-14-26(15-17-27)32-30(34(40)42-5-2)31(25-11-7-6-8-12-25)36-35-38(32)33(39)29(43-35)22-24-13-18-28(23(3)21-24)37-19-9-10-20-37/h6-8,11-18,21-22,32H,4-5,9-10,19-20H2,1-3H3/b29-22-/t32-/m0/s1. The Labute approximate surface area is 255 Å². The van der Waals surface area contributed by atoms with Crippen LogP contribution in [0.15, 0.2) is 88.2 Å². The van der Waals surface area contributed by atoms with Crippen LogP contribution in [0.4, 0.5) is 5.69 Å². The van der Waals surface area contributed by atoms with E-state index >= 15 is 0 Å². The number of nitrogens with zero attached hydrogens (tertiary/aromatic N) is 3. The normalized spacial score (nSPS) is 16.7. The molecule has 0 saturated carbocycles. The van der Waals surface area contributed by atoms with Crippen molar-refractivity contribution in [1.29, 1.82) is 0 Å². The molecule has 0 aliphatic carbocycles. The fourth-order valence-electron chi connectivity index (χ4n) is 5.90. The minimum Gasteiger partial charge on any atom is -0.494 e. The Hall–Kier alpha value is -4.43. The van der Waals surface area contributed by atoms with Crippen molar-refractivity contribution in [1.82, 2.24) is 4.57 Å². The number of hydrogen-bond acceptors (Lipinski definition) is 7. The van der Waals surface area contributed by atoms with Crippen LogP contribution < -0.4 is 24.5 Å². The Kier molecular flexibility index (Phi) is 8.29. The van der Waals surface area contributed by atoms with Crippen LogP contribution >= 0.6 is 11.3 Å². The number of rotatable bonds is 8. The van der Waals surface area contributed by atoms with E-state index in [9.17, 15) is 9.59 Å². The fraction of sp³-hybridized carbons (Fsp3) is 0.286. The lowest BCUT2D eigenvalue weighted by atomic mass is 9.93. The highest BCUT2D eigenvalue weighted by Crippen LogP contribution is 2.35. The molecular weight excluding hydrogens is 558 g/mol. The van der Waals surface area contributed by atoms with E-state index < -0.39 is 12.0 Å². The first-order valence-corrected chi connectivity index (χ1v) is 15.7.